The zero-order valence-electron chi connectivity index (χ0n) is 18.5. The van der Waals surface area contributed by atoms with Crippen molar-refractivity contribution in [2.75, 3.05) is 52.5 Å². The predicted molar refractivity (Wildman–Crippen MR) is 134 cm³/mol. The third-order valence-electron chi connectivity index (χ3n) is 5.84. The van der Waals surface area contributed by atoms with Gasteiger partial charge in [-0.05, 0) is 32.4 Å². The van der Waals surface area contributed by atoms with Crippen LogP contribution in [0.5, 0.6) is 0 Å². The summed E-state index contributed by atoms with van der Waals surface area (Å²) in [4.78, 5) is 14.5. The molecule has 1 N–H and O–H groups in total. The lowest BCUT2D eigenvalue weighted by atomic mass is 10.1. The molecule has 0 bridgehead atoms. The molecule has 0 saturated carbocycles. The Hall–Kier alpha value is -1.65. The summed E-state index contributed by atoms with van der Waals surface area (Å²) in [6.07, 6.45) is 3.71. The lowest BCUT2D eigenvalue weighted by molar-refractivity contribution is 0.0195. The van der Waals surface area contributed by atoms with Gasteiger partial charge in [0.2, 0.25) is 5.89 Å². The molecule has 1 aromatic carbocycles. The molecule has 31 heavy (non-hydrogen) atoms. The van der Waals surface area contributed by atoms with Gasteiger partial charge in [0.1, 0.15) is 6.26 Å². The quantitative estimate of drug-likeness (QED) is 0.346. The molecular weight excluding hydrogens is 505 g/mol. The Balaban J connectivity index is 0.00000272. The SMILES string of the molecule is CCNC(=NCCc1coc(-c2ccc(C)cc2)n1)N1CCC(N2CCOCC2)C1.I. The molecule has 7 nitrogen and oxygen atoms in total. The van der Waals surface area contributed by atoms with E-state index in [9.17, 15) is 0 Å². The van der Waals surface area contributed by atoms with E-state index in [0.717, 1.165) is 69.6 Å². The first kappa shape index (κ1) is 24.0. The van der Waals surface area contributed by atoms with Crippen molar-refractivity contribution in [3.63, 3.8) is 0 Å². The van der Waals surface area contributed by atoms with Crippen LogP contribution < -0.4 is 5.32 Å². The van der Waals surface area contributed by atoms with Gasteiger partial charge in [-0.3, -0.25) is 9.89 Å². The molecule has 2 aromatic rings. The van der Waals surface area contributed by atoms with E-state index in [2.05, 4.69) is 46.1 Å². The normalized spacial score (nSPS) is 20.0. The van der Waals surface area contributed by atoms with Crippen LogP contribution in [0, 0.1) is 6.92 Å². The minimum atomic E-state index is 0. The van der Waals surface area contributed by atoms with Gasteiger partial charge in [-0.2, -0.15) is 0 Å². The standard InChI is InChI=1S/C23H33N5O2.HI/c1-3-24-23(28-11-9-21(16-28)27-12-14-29-15-13-27)25-10-8-20-17-30-22(26-20)19-6-4-18(2)5-7-19;/h4-7,17,21H,3,8-16H2,1-2H3,(H,24,25);1H. The number of morpholine rings is 1. The Kier molecular flexibility index (Phi) is 9.15. The van der Waals surface area contributed by atoms with Crippen LogP contribution in [0.4, 0.5) is 0 Å². The number of likely N-dealkylation sites (tertiary alicyclic amines) is 1. The largest absolute Gasteiger partial charge is 0.444 e. The highest BCUT2D eigenvalue weighted by Gasteiger charge is 2.30. The monoisotopic (exact) mass is 539 g/mol. The molecule has 3 heterocycles. The second kappa shape index (κ2) is 11.8. The predicted octanol–water partition coefficient (Wildman–Crippen LogP) is 3.18. The van der Waals surface area contributed by atoms with E-state index in [0.29, 0.717) is 18.5 Å². The summed E-state index contributed by atoms with van der Waals surface area (Å²) in [5.74, 6) is 1.68. The van der Waals surface area contributed by atoms with E-state index in [1.165, 1.54) is 12.0 Å². The molecule has 2 aliphatic rings. The first-order chi connectivity index (χ1) is 14.7. The molecule has 2 aliphatic heterocycles. The Bertz CT molecular complexity index is 833. The Morgan fingerprint density at radius 3 is 2.71 bits per heavy atom. The van der Waals surface area contributed by atoms with Gasteiger partial charge in [-0.25, -0.2) is 4.98 Å². The van der Waals surface area contributed by atoms with Crippen LogP contribution in [-0.4, -0.2) is 79.3 Å². The summed E-state index contributed by atoms with van der Waals surface area (Å²) in [5, 5.41) is 3.46. The van der Waals surface area contributed by atoms with Crippen molar-refractivity contribution in [3.05, 3.63) is 41.8 Å². The molecule has 8 heteroatoms. The zero-order chi connectivity index (χ0) is 20.8. The first-order valence-electron chi connectivity index (χ1n) is 11.1. The minimum Gasteiger partial charge on any atom is -0.444 e. The van der Waals surface area contributed by atoms with Crippen molar-refractivity contribution in [3.8, 4) is 11.5 Å². The number of nitrogens with one attached hydrogen (secondary N) is 1. The molecule has 4 rings (SSSR count). The van der Waals surface area contributed by atoms with Gasteiger partial charge in [-0.15, -0.1) is 24.0 Å². The first-order valence-corrected chi connectivity index (χ1v) is 11.1. The fourth-order valence-electron chi connectivity index (χ4n) is 4.13. The Morgan fingerprint density at radius 1 is 1.19 bits per heavy atom. The maximum Gasteiger partial charge on any atom is 0.226 e. The smallest absolute Gasteiger partial charge is 0.226 e. The lowest BCUT2D eigenvalue weighted by Crippen LogP contribution is -2.46. The van der Waals surface area contributed by atoms with Crippen LogP contribution in [-0.2, 0) is 11.2 Å². The van der Waals surface area contributed by atoms with Gasteiger partial charge < -0.3 is 19.4 Å². The molecule has 1 unspecified atom stereocenters. The third-order valence-corrected chi connectivity index (χ3v) is 5.84. The maximum atomic E-state index is 5.68. The fourth-order valence-corrected chi connectivity index (χ4v) is 4.13. The van der Waals surface area contributed by atoms with E-state index < -0.39 is 0 Å². The van der Waals surface area contributed by atoms with Crippen molar-refractivity contribution < 1.29 is 9.15 Å². The van der Waals surface area contributed by atoms with E-state index in [1.54, 1.807) is 6.26 Å². The average molecular weight is 539 g/mol. The Morgan fingerprint density at radius 2 is 1.97 bits per heavy atom. The van der Waals surface area contributed by atoms with Crippen LogP contribution in [0.25, 0.3) is 11.5 Å². The summed E-state index contributed by atoms with van der Waals surface area (Å²) in [6.45, 7) is 11.6. The highest BCUT2D eigenvalue weighted by molar-refractivity contribution is 14.0. The van der Waals surface area contributed by atoms with Gasteiger partial charge in [0, 0.05) is 57.3 Å². The molecule has 0 radical (unpaired) electrons. The summed E-state index contributed by atoms with van der Waals surface area (Å²) in [7, 11) is 0. The van der Waals surface area contributed by atoms with Crippen molar-refractivity contribution in [2.24, 2.45) is 4.99 Å². The van der Waals surface area contributed by atoms with Crippen molar-refractivity contribution in [1.29, 1.82) is 0 Å². The van der Waals surface area contributed by atoms with Crippen LogP contribution in [0.2, 0.25) is 0 Å². The van der Waals surface area contributed by atoms with E-state index in [-0.39, 0.29) is 24.0 Å². The molecule has 1 atom stereocenters. The number of aryl methyl sites for hydroxylation is 1. The molecule has 0 amide bonds. The molecule has 2 fully saturated rings. The lowest BCUT2D eigenvalue weighted by Gasteiger charge is -2.32. The number of hydrogen-bond acceptors (Lipinski definition) is 5. The zero-order valence-corrected chi connectivity index (χ0v) is 20.9. The van der Waals surface area contributed by atoms with Crippen LogP contribution in [0.3, 0.4) is 0 Å². The number of nitrogens with zero attached hydrogens (tertiary/aromatic N) is 4. The number of hydrogen-bond donors (Lipinski definition) is 1. The van der Waals surface area contributed by atoms with Crippen molar-refractivity contribution >= 4 is 29.9 Å². The van der Waals surface area contributed by atoms with Gasteiger partial charge >= 0.3 is 0 Å². The number of oxazole rings is 1. The molecule has 1 aromatic heterocycles. The second-order valence-corrected chi connectivity index (χ2v) is 8.03. The number of aromatic nitrogens is 1. The summed E-state index contributed by atoms with van der Waals surface area (Å²) < 4.78 is 11.2. The van der Waals surface area contributed by atoms with Crippen molar-refractivity contribution in [2.45, 2.75) is 32.7 Å². The molecule has 0 spiro atoms. The summed E-state index contributed by atoms with van der Waals surface area (Å²) in [6, 6.07) is 8.85. The number of rotatable bonds is 6. The van der Waals surface area contributed by atoms with Gasteiger partial charge in [0.15, 0.2) is 5.96 Å². The van der Waals surface area contributed by atoms with E-state index in [4.69, 9.17) is 14.1 Å². The number of benzene rings is 1. The highest BCUT2D eigenvalue weighted by atomic mass is 127. The van der Waals surface area contributed by atoms with Crippen LogP contribution in [0.15, 0.2) is 39.9 Å². The Labute approximate surface area is 202 Å². The number of ether oxygens (including phenoxy) is 1. The third kappa shape index (κ3) is 6.43. The van der Waals surface area contributed by atoms with Crippen LogP contribution in [0.1, 0.15) is 24.6 Å². The minimum absolute atomic E-state index is 0. The van der Waals surface area contributed by atoms with Gasteiger partial charge in [0.25, 0.3) is 0 Å². The molecule has 170 valence electrons. The highest BCUT2D eigenvalue weighted by Crippen LogP contribution is 2.20. The van der Waals surface area contributed by atoms with E-state index in [1.807, 2.05) is 12.1 Å². The molecule has 0 aliphatic carbocycles. The average Bonchev–Trinajstić information content (AvgIpc) is 3.45. The second-order valence-electron chi connectivity index (χ2n) is 8.03. The topological polar surface area (TPSA) is 66.1 Å². The number of aliphatic imine (C=N–C) groups is 1. The van der Waals surface area contributed by atoms with Crippen molar-refractivity contribution in [1.82, 2.24) is 20.1 Å². The number of halogens is 1. The fraction of sp³-hybridized carbons (Fsp3) is 0.565. The summed E-state index contributed by atoms with van der Waals surface area (Å²) >= 11 is 0. The molecular formula is C23H34IN5O2. The van der Waals surface area contributed by atoms with Gasteiger partial charge in [-0.1, -0.05) is 17.7 Å². The van der Waals surface area contributed by atoms with Gasteiger partial charge in [0.05, 0.1) is 18.9 Å². The summed E-state index contributed by atoms with van der Waals surface area (Å²) in [5.41, 5.74) is 3.18. The van der Waals surface area contributed by atoms with E-state index >= 15 is 0 Å². The molecule has 2 saturated heterocycles. The number of guanidine groups is 1. The van der Waals surface area contributed by atoms with Crippen LogP contribution >= 0.6 is 24.0 Å². The maximum absolute atomic E-state index is 5.68.